The summed E-state index contributed by atoms with van der Waals surface area (Å²) >= 11 is 5.95. The molecule has 0 fully saturated rings. The summed E-state index contributed by atoms with van der Waals surface area (Å²) in [4.78, 5) is 12.0. The molecule has 23 heavy (non-hydrogen) atoms. The highest BCUT2D eigenvalue weighted by atomic mass is 35.5. The van der Waals surface area contributed by atoms with Crippen LogP contribution in [-0.2, 0) is 11.3 Å². The molecule has 2 N–H and O–H groups in total. The van der Waals surface area contributed by atoms with Crippen LogP contribution in [0.5, 0.6) is 5.75 Å². The fourth-order valence-corrected chi connectivity index (χ4v) is 2.36. The van der Waals surface area contributed by atoms with Crippen molar-refractivity contribution in [2.24, 2.45) is 0 Å². The van der Waals surface area contributed by atoms with Gasteiger partial charge in [-0.2, -0.15) is 0 Å². The van der Waals surface area contributed by atoms with E-state index in [1.165, 1.54) is 0 Å². The van der Waals surface area contributed by atoms with Crippen molar-refractivity contribution >= 4 is 17.5 Å². The highest BCUT2D eigenvalue weighted by Crippen LogP contribution is 2.23. The third-order valence-electron chi connectivity index (χ3n) is 3.37. The predicted molar refractivity (Wildman–Crippen MR) is 90.5 cm³/mol. The fraction of sp³-hybridized carbons (Fsp3) is 0.278. The van der Waals surface area contributed by atoms with Gasteiger partial charge in [-0.05, 0) is 24.6 Å². The molecule has 0 spiro atoms. The minimum atomic E-state index is -0.812. The van der Waals surface area contributed by atoms with Crippen molar-refractivity contribution in [3.05, 3.63) is 64.7 Å². The Hall–Kier alpha value is -2.04. The Morgan fingerprint density at radius 2 is 2.00 bits per heavy atom. The lowest BCUT2D eigenvalue weighted by atomic mass is 10.1. The maximum atomic E-state index is 12.0. The van der Waals surface area contributed by atoms with E-state index in [9.17, 15) is 9.90 Å². The molecule has 5 heteroatoms. The van der Waals surface area contributed by atoms with Crippen LogP contribution in [-0.4, -0.2) is 17.6 Å². The van der Waals surface area contributed by atoms with Gasteiger partial charge in [-0.1, -0.05) is 48.0 Å². The second-order valence-corrected chi connectivity index (χ2v) is 5.53. The zero-order valence-electron chi connectivity index (χ0n) is 13.0. The Morgan fingerprint density at radius 3 is 2.70 bits per heavy atom. The van der Waals surface area contributed by atoms with Crippen molar-refractivity contribution < 1.29 is 14.6 Å². The van der Waals surface area contributed by atoms with E-state index in [-0.39, 0.29) is 12.3 Å². The molecule has 0 saturated heterocycles. The maximum Gasteiger partial charge on any atom is 0.223 e. The van der Waals surface area contributed by atoms with Gasteiger partial charge < -0.3 is 15.2 Å². The number of carbonyl (C=O) groups is 1. The Balaban J connectivity index is 1.92. The van der Waals surface area contributed by atoms with Gasteiger partial charge in [0.25, 0.3) is 0 Å². The summed E-state index contributed by atoms with van der Waals surface area (Å²) in [6.07, 6.45) is -0.797. The molecule has 2 aromatic carbocycles. The first kappa shape index (κ1) is 17.3. The van der Waals surface area contributed by atoms with E-state index < -0.39 is 6.10 Å². The molecule has 2 aromatic rings. The summed E-state index contributed by atoms with van der Waals surface area (Å²) in [6, 6.07) is 14.4. The minimum absolute atomic E-state index is 0.0154. The highest BCUT2D eigenvalue weighted by Gasteiger charge is 2.13. The summed E-state index contributed by atoms with van der Waals surface area (Å²) < 4.78 is 5.52. The average Bonchev–Trinajstić information content (AvgIpc) is 2.55. The molecule has 0 aliphatic heterocycles. The second kappa shape index (κ2) is 8.56. The molecule has 1 amide bonds. The number of carbonyl (C=O) groups excluding carboxylic acids is 1. The maximum absolute atomic E-state index is 12.0. The number of benzene rings is 2. The van der Waals surface area contributed by atoms with Crippen LogP contribution in [0.4, 0.5) is 0 Å². The van der Waals surface area contributed by atoms with Crippen LogP contribution in [0.3, 0.4) is 0 Å². The number of halogens is 1. The summed E-state index contributed by atoms with van der Waals surface area (Å²) in [6.45, 7) is 2.74. The number of hydrogen-bond donors (Lipinski definition) is 2. The molecule has 0 bridgehead atoms. The third kappa shape index (κ3) is 5.27. The van der Waals surface area contributed by atoms with Gasteiger partial charge in [0, 0.05) is 17.1 Å². The Labute approximate surface area is 141 Å². The monoisotopic (exact) mass is 333 g/mol. The molecule has 0 radical (unpaired) electrons. The van der Waals surface area contributed by atoms with Crippen LogP contribution in [0.1, 0.15) is 30.6 Å². The standard InChI is InChI=1S/C18H20ClNO3/c1-2-23-17-10-15(19)9-8-14(17)12-20-18(22)11-16(21)13-6-4-3-5-7-13/h3-10,16,21H,2,11-12H2,1H3,(H,20,22). The van der Waals surface area contributed by atoms with Gasteiger partial charge in [0.1, 0.15) is 5.75 Å². The first-order valence-electron chi connectivity index (χ1n) is 7.51. The van der Waals surface area contributed by atoms with Gasteiger partial charge in [-0.25, -0.2) is 0 Å². The van der Waals surface area contributed by atoms with E-state index >= 15 is 0 Å². The molecule has 2 rings (SSSR count). The molecule has 0 saturated carbocycles. The second-order valence-electron chi connectivity index (χ2n) is 5.09. The summed E-state index contributed by atoms with van der Waals surface area (Å²) in [5.74, 6) is 0.433. The molecule has 122 valence electrons. The number of aliphatic hydroxyl groups is 1. The van der Waals surface area contributed by atoms with Gasteiger partial charge >= 0.3 is 0 Å². The largest absolute Gasteiger partial charge is 0.493 e. The number of ether oxygens (including phenoxy) is 1. The lowest BCUT2D eigenvalue weighted by Crippen LogP contribution is -2.24. The molecule has 0 aliphatic carbocycles. The Morgan fingerprint density at radius 1 is 1.26 bits per heavy atom. The van der Waals surface area contributed by atoms with Gasteiger partial charge in [0.05, 0.1) is 19.1 Å². The quantitative estimate of drug-likeness (QED) is 0.815. The molecule has 0 heterocycles. The van der Waals surface area contributed by atoms with Crippen molar-refractivity contribution in [2.75, 3.05) is 6.61 Å². The molecule has 1 atom stereocenters. The van der Waals surface area contributed by atoms with E-state index in [1.54, 1.807) is 24.3 Å². The van der Waals surface area contributed by atoms with Gasteiger partial charge in [0.2, 0.25) is 5.91 Å². The van der Waals surface area contributed by atoms with E-state index in [0.29, 0.717) is 23.9 Å². The molecule has 1 unspecified atom stereocenters. The number of hydrogen-bond acceptors (Lipinski definition) is 3. The van der Waals surface area contributed by atoms with Crippen molar-refractivity contribution in [2.45, 2.75) is 26.0 Å². The normalized spacial score (nSPS) is 11.8. The van der Waals surface area contributed by atoms with Crippen molar-refractivity contribution in [3.63, 3.8) is 0 Å². The lowest BCUT2D eigenvalue weighted by molar-refractivity contribution is -0.123. The molecule has 0 aliphatic rings. The highest BCUT2D eigenvalue weighted by molar-refractivity contribution is 6.30. The molecule has 4 nitrogen and oxygen atoms in total. The first-order chi connectivity index (χ1) is 11.1. The first-order valence-corrected chi connectivity index (χ1v) is 7.89. The smallest absolute Gasteiger partial charge is 0.223 e. The van der Waals surface area contributed by atoms with Crippen LogP contribution in [0.15, 0.2) is 48.5 Å². The van der Waals surface area contributed by atoms with E-state index in [1.807, 2.05) is 31.2 Å². The number of amides is 1. The van der Waals surface area contributed by atoms with Gasteiger partial charge in [0.15, 0.2) is 0 Å². The van der Waals surface area contributed by atoms with Crippen LogP contribution < -0.4 is 10.1 Å². The molecule has 0 aromatic heterocycles. The van der Waals surface area contributed by atoms with Crippen LogP contribution in [0, 0.1) is 0 Å². The van der Waals surface area contributed by atoms with Gasteiger partial charge in [-0.15, -0.1) is 0 Å². The van der Waals surface area contributed by atoms with Crippen molar-refractivity contribution in [3.8, 4) is 5.75 Å². The fourth-order valence-electron chi connectivity index (χ4n) is 2.20. The van der Waals surface area contributed by atoms with E-state index in [4.69, 9.17) is 16.3 Å². The van der Waals surface area contributed by atoms with Crippen LogP contribution in [0.2, 0.25) is 5.02 Å². The Kier molecular flexibility index (Phi) is 6.44. The van der Waals surface area contributed by atoms with Crippen molar-refractivity contribution in [1.29, 1.82) is 0 Å². The SMILES string of the molecule is CCOc1cc(Cl)ccc1CNC(=O)CC(O)c1ccccc1. The number of aliphatic hydroxyl groups excluding tert-OH is 1. The third-order valence-corrected chi connectivity index (χ3v) is 3.60. The summed E-state index contributed by atoms with van der Waals surface area (Å²) in [5, 5.41) is 13.4. The van der Waals surface area contributed by atoms with E-state index in [0.717, 1.165) is 11.1 Å². The average molecular weight is 334 g/mol. The van der Waals surface area contributed by atoms with E-state index in [2.05, 4.69) is 5.32 Å². The zero-order valence-corrected chi connectivity index (χ0v) is 13.7. The molecular weight excluding hydrogens is 314 g/mol. The summed E-state index contributed by atoms with van der Waals surface area (Å²) in [5.41, 5.74) is 1.57. The topological polar surface area (TPSA) is 58.6 Å². The van der Waals surface area contributed by atoms with Crippen LogP contribution in [0.25, 0.3) is 0 Å². The Bertz CT molecular complexity index is 646. The number of rotatable bonds is 7. The van der Waals surface area contributed by atoms with Gasteiger partial charge in [-0.3, -0.25) is 4.79 Å². The summed E-state index contributed by atoms with van der Waals surface area (Å²) in [7, 11) is 0. The lowest BCUT2D eigenvalue weighted by Gasteiger charge is -2.13. The molecular formula is C18H20ClNO3. The predicted octanol–water partition coefficient (Wildman–Crippen LogP) is 3.48. The van der Waals surface area contributed by atoms with Crippen LogP contribution >= 0.6 is 11.6 Å². The number of nitrogens with one attached hydrogen (secondary N) is 1. The van der Waals surface area contributed by atoms with Crippen molar-refractivity contribution in [1.82, 2.24) is 5.32 Å². The zero-order chi connectivity index (χ0) is 16.7. The minimum Gasteiger partial charge on any atom is -0.493 e.